The summed E-state index contributed by atoms with van der Waals surface area (Å²) in [6.07, 6.45) is 1.43. The van der Waals surface area contributed by atoms with Crippen LogP contribution in [0.15, 0.2) is 33.6 Å². The Morgan fingerprint density at radius 2 is 2.05 bits per heavy atom. The van der Waals surface area contributed by atoms with E-state index in [0.29, 0.717) is 14.8 Å². The van der Waals surface area contributed by atoms with Gasteiger partial charge in [0.05, 0.1) is 11.1 Å². The molecule has 0 saturated heterocycles. The second kappa shape index (κ2) is 6.27. The van der Waals surface area contributed by atoms with Gasteiger partial charge in [-0.25, -0.2) is 9.97 Å². The number of hydrogen-bond acceptors (Lipinski definition) is 5. The molecule has 7 nitrogen and oxygen atoms in total. The molecule has 0 saturated carbocycles. The summed E-state index contributed by atoms with van der Waals surface area (Å²) in [6, 6.07) is 4.16. The van der Waals surface area contributed by atoms with Crippen molar-refractivity contribution in [1.29, 1.82) is 0 Å². The number of non-ortho nitro benzene ring substituents is 1. The summed E-state index contributed by atoms with van der Waals surface area (Å²) in [7, 11) is 0. The average Bonchev–Trinajstić information content (AvgIpc) is 2.41. The van der Waals surface area contributed by atoms with Gasteiger partial charge in [-0.2, -0.15) is 0 Å². The van der Waals surface area contributed by atoms with Gasteiger partial charge < -0.3 is 5.32 Å². The highest BCUT2D eigenvalue weighted by Crippen LogP contribution is 2.21. The van der Waals surface area contributed by atoms with Crippen LogP contribution in [0, 0.1) is 17.0 Å². The third kappa shape index (κ3) is 3.82. The van der Waals surface area contributed by atoms with E-state index in [9.17, 15) is 14.9 Å². The van der Waals surface area contributed by atoms with Crippen molar-refractivity contribution < 1.29 is 9.72 Å². The van der Waals surface area contributed by atoms with Crippen LogP contribution in [0.2, 0.25) is 0 Å². The normalized spacial score (nSPS) is 10.2. The van der Waals surface area contributed by atoms with E-state index in [0.717, 1.165) is 0 Å². The van der Waals surface area contributed by atoms with Gasteiger partial charge in [0.2, 0.25) is 0 Å². The van der Waals surface area contributed by atoms with Crippen molar-refractivity contribution in [2.24, 2.45) is 0 Å². The topological polar surface area (TPSA) is 98.0 Å². The molecule has 0 radical (unpaired) electrons. The zero-order valence-corrected chi connectivity index (χ0v) is 13.8. The highest BCUT2D eigenvalue weighted by atomic mass is 79.9. The van der Waals surface area contributed by atoms with Crippen LogP contribution in [0.3, 0.4) is 0 Å². The molecule has 9 heteroatoms. The van der Waals surface area contributed by atoms with Gasteiger partial charge in [0.25, 0.3) is 11.6 Å². The largest absolute Gasteiger partial charge is 0.304 e. The molecule has 0 aliphatic carbocycles. The van der Waals surface area contributed by atoms with Gasteiger partial charge in [-0.05, 0) is 50.4 Å². The lowest BCUT2D eigenvalue weighted by molar-refractivity contribution is -0.384. The van der Waals surface area contributed by atoms with Gasteiger partial charge in [-0.3, -0.25) is 14.9 Å². The minimum absolute atomic E-state index is 0.138. The summed E-state index contributed by atoms with van der Waals surface area (Å²) in [4.78, 5) is 30.5. The van der Waals surface area contributed by atoms with Gasteiger partial charge in [-0.1, -0.05) is 0 Å². The summed E-state index contributed by atoms with van der Waals surface area (Å²) >= 11 is 6.32. The molecule has 0 bridgehead atoms. The maximum Gasteiger partial charge on any atom is 0.270 e. The second-order valence-electron chi connectivity index (χ2n) is 4.10. The van der Waals surface area contributed by atoms with E-state index < -0.39 is 10.8 Å². The number of amides is 1. The van der Waals surface area contributed by atoms with Gasteiger partial charge >= 0.3 is 0 Å². The molecule has 21 heavy (non-hydrogen) atoms. The summed E-state index contributed by atoms with van der Waals surface area (Å²) in [5.41, 5.74) is 0.662. The van der Waals surface area contributed by atoms with Crippen LogP contribution >= 0.6 is 31.9 Å². The van der Waals surface area contributed by atoms with Gasteiger partial charge in [-0.15, -0.1) is 0 Å². The van der Waals surface area contributed by atoms with E-state index >= 15 is 0 Å². The Morgan fingerprint density at radius 1 is 1.33 bits per heavy atom. The number of nitrogens with zero attached hydrogens (tertiary/aromatic N) is 3. The predicted octanol–water partition coefficient (Wildman–Crippen LogP) is 3.47. The molecule has 1 amide bonds. The number of rotatable bonds is 3. The highest BCUT2D eigenvalue weighted by Gasteiger charge is 2.15. The van der Waals surface area contributed by atoms with E-state index in [1.54, 1.807) is 13.0 Å². The molecule has 0 unspecified atom stereocenters. The molecular formula is C12H8Br2N4O3. The van der Waals surface area contributed by atoms with Crippen LogP contribution in [0.25, 0.3) is 0 Å². The third-order valence-corrected chi connectivity index (χ3v) is 3.40. The minimum atomic E-state index is -0.543. The Balaban J connectivity index is 2.30. The summed E-state index contributed by atoms with van der Waals surface area (Å²) in [5, 5.41) is 13.4. The predicted molar refractivity (Wildman–Crippen MR) is 83.2 cm³/mol. The lowest BCUT2D eigenvalue weighted by Gasteiger charge is -2.06. The lowest BCUT2D eigenvalue weighted by atomic mass is 10.1. The van der Waals surface area contributed by atoms with Crippen molar-refractivity contribution >= 4 is 49.3 Å². The van der Waals surface area contributed by atoms with E-state index in [4.69, 9.17) is 0 Å². The van der Waals surface area contributed by atoms with E-state index in [1.807, 2.05) is 0 Å². The first-order valence-electron chi connectivity index (χ1n) is 5.62. The van der Waals surface area contributed by atoms with E-state index in [-0.39, 0.29) is 17.1 Å². The molecule has 0 aliphatic rings. The van der Waals surface area contributed by atoms with Crippen LogP contribution in [0.1, 0.15) is 15.9 Å². The quantitative estimate of drug-likeness (QED) is 0.611. The average molecular weight is 416 g/mol. The van der Waals surface area contributed by atoms with Crippen molar-refractivity contribution in [2.45, 2.75) is 6.92 Å². The number of nitro benzene ring substituents is 1. The number of halogens is 2. The zero-order valence-electron chi connectivity index (χ0n) is 10.6. The monoisotopic (exact) mass is 414 g/mol. The molecule has 2 aromatic rings. The van der Waals surface area contributed by atoms with Crippen molar-refractivity contribution in [1.82, 2.24) is 9.97 Å². The molecule has 0 atom stereocenters. The second-order valence-corrected chi connectivity index (χ2v) is 5.66. The summed E-state index contributed by atoms with van der Waals surface area (Å²) < 4.78 is 0.867. The third-order valence-electron chi connectivity index (χ3n) is 2.47. The first-order chi connectivity index (χ1) is 9.86. The summed E-state index contributed by atoms with van der Waals surface area (Å²) in [5.74, 6) is -0.272. The van der Waals surface area contributed by atoms with Crippen LogP contribution < -0.4 is 5.32 Å². The number of nitrogens with one attached hydrogen (secondary N) is 1. The molecule has 1 N–H and O–H groups in total. The standard InChI is InChI=1S/C12H8Br2N4O3/c1-6-2-7(4-8(3-6)18(20)21)12(19)17-11-10(14)16-9(13)5-15-11/h2-5H,1H3,(H,15,17,19). The first-order valence-corrected chi connectivity index (χ1v) is 7.21. The fourth-order valence-electron chi connectivity index (χ4n) is 1.61. The maximum absolute atomic E-state index is 12.1. The van der Waals surface area contributed by atoms with E-state index in [1.165, 1.54) is 18.3 Å². The smallest absolute Gasteiger partial charge is 0.270 e. The number of hydrogen-bond donors (Lipinski definition) is 1. The SMILES string of the molecule is Cc1cc(C(=O)Nc2ncc(Br)nc2Br)cc([N+](=O)[O-])c1. The molecule has 1 aromatic heterocycles. The zero-order chi connectivity index (χ0) is 15.6. The van der Waals surface area contributed by atoms with Crippen LogP contribution in [0.5, 0.6) is 0 Å². The fraction of sp³-hybridized carbons (Fsp3) is 0.0833. The molecule has 2 rings (SSSR count). The molecule has 1 aromatic carbocycles. The Morgan fingerprint density at radius 3 is 2.67 bits per heavy atom. The summed E-state index contributed by atoms with van der Waals surface area (Å²) in [6.45, 7) is 1.68. The lowest BCUT2D eigenvalue weighted by Crippen LogP contribution is -2.14. The molecule has 108 valence electrons. The maximum atomic E-state index is 12.1. The van der Waals surface area contributed by atoms with Crippen molar-refractivity contribution in [3.63, 3.8) is 0 Å². The Hall–Kier alpha value is -1.87. The highest BCUT2D eigenvalue weighted by molar-refractivity contribution is 9.11. The fourth-order valence-corrected chi connectivity index (χ4v) is 2.52. The number of aromatic nitrogens is 2. The van der Waals surface area contributed by atoms with Gasteiger partial charge in [0, 0.05) is 17.7 Å². The van der Waals surface area contributed by atoms with Gasteiger partial charge in [0.15, 0.2) is 5.82 Å². The number of anilines is 1. The molecule has 0 spiro atoms. The molecule has 0 aliphatic heterocycles. The molecule has 0 fully saturated rings. The molecular weight excluding hydrogens is 408 g/mol. The number of carbonyl (C=O) groups is 1. The number of nitro groups is 1. The van der Waals surface area contributed by atoms with Gasteiger partial charge in [0.1, 0.15) is 9.21 Å². The van der Waals surface area contributed by atoms with Crippen molar-refractivity contribution in [2.75, 3.05) is 5.32 Å². The number of carbonyl (C=O) groups excluding carboxylic acids is 1. The van der Waals surface area contributed by atoms with Crippen molar-refractivity contribution in [3.8, 4) is 0 Å². The Kier molecular flexibility index (Phi) is 4.63. The van der Waals surface area contributed by atoms with Crippen molar-refractivity contribution in [3.05, 3.63) is 54.8 Å². The first kappa shape index (κ1) is 15.5. The van der Waals surface area contributed by atoms with Crippen LogP contribution in [-0.2, 0) is 0 Å². The Bertz CT molecular complexity index is 736. The van der Waals surface area contributed by atoms with Crippen LogP contribution in [0.4, 0.5) is 11.5 Å². The van der Waals surface area contributed by atoms with E-state index in [2.05, 4.69) is 47.1 Å². The molecule has 1 heterocycles. The van der Waals surface area contributed by atoms with Crippen LogP contribution in [-0.4, -0.2) is 20.8 Å². The number of benzene rings is 1. The minimum Gasteiger partial charge on any atom is -0.304 e. The number of aryl methyl sites for hydroxylation is 1. The Labute approximate surface area is 136 Å².